The van der Waals surface area contributed by atoms with E-state index in [0.717, 1.165) is 17.1 Å². The first-order chi connectivity index (χ1) is 11.8. The summed E-state index contributed by atoms with van der Waals surface area (Å²) in [4.78, 5) is 15.3. The van der Waals surface area contributed by atoms with E-state index in [1.807, 2.05) is 46.7 Å². The molecule has 1 aromatic carbocycles. The molecule has 0 spiro atoms. The summed E-state index contributed by atoms with van der Waals surface area (Å²) in [6, 6.07) is 18.2. The Balaban J connectivity index is 1.77. The zero-order valence-corrected chi connectivity index (χ0v) is 14.3. The summed E-state index contributed by atoms with van der Waals surface area (Å²) in [6.07, 6.45) is 3.83. The average Bonchev–Trinajstić information content (AvgIpc) is 3.27. The largest absolute Gasteiger partial charge is 0.345 e. The van der Waals surface area contributed by atoms with Crippen molar-refractivity contribution < 1.29 is 4.79 Å². The number of rotatable bonds is 7. The van der Waals surface area contributed by atoms with Crippen LogP contribution in [0, 0.1) is 0 Å². The van der Waals surface area contributed by atoms with Gasteiger partial charge in [0.1, 0.15) is 0 Å². The summed E-state index contributed by atoms with van der Waals surface area (Å²) in [5.41, 5.74) is 2.36. The molecule has 3 nitrogen and oxygen atoms in total. The quantitative estimate of drug-likeness (QED) is 0.586. The molecule has 0 aliphatic carbocycles. The zero-order chi connectivity index (χ0) is 16.8. The molecule has 2 aromatic heterocycles. The van der Waals surface area contributed by atoms with Gasteiger partial charge in [0.25, 0.3) is 5.91 Å². The lowest BCUT2D eigenvalue weighted by Crippen LogP contribution is -2.31. The lowest BCUT2D eigenvalue weighted by Gasteiger charge is -2.21. The van der Waals surface area contributed by atoms with Crippen LogP contribution in [-0.4, -0.2) is 21.9 Å². The molecular weight excluding hydrogens is 316 g/mol. The normalized spacial score (nSPS) is 10.5. The molecule has 0 radical (unpaired) electrons. The maximum Gasteiger partial charge on any atom is 0.264 e. The Morgan fingerprint density at radius 1 is 1.12 bits per heavy atom. The monoisotopic (exact) mass is 336 g/mol. The van der Waals surface area contributed by atoms with Crippen LogP contribution >= 0.6 is 11.3 Å². The SMILES string of the molecule is C=CCN(Cc1cccn1Cc1ccccc1)C(=O)c1cccs1. The van der Waals surface area contributed by atoms with Gasteiger partial charge in [-0.05, 0) is 29.1 Å². The fourth-order valence-corrected chi connectivity index (χ4v) is 3.34. The van der Waals surface area contributed by atoms with Crippen LogP contribution in [0.1, 0.15) is 20.9 Å². The standard InChI is InChI=1S/C20H20N2OS/c1-2-12-22(20(23)19-11-7-14-24-19)16-18-10-6-13-21(18)15-17-8-4-3-5-9-17/h2-11,13-14H,1,12,15-16H2. The van der Waals surface area contributed by atoms with Crippen molar-refractivity contribution in [3.05, 3.63) is 95.0 Å². The molecule has 0 bridgehead atoms. The van der Waals surface area contributed by atoms with Crippen LogP contribution in [0.25, 0.3) is 0 Å². The molecule has 0 atom stereocenters. The van der Waals surface area contributed by atoms with Crippen molar-refractivity contribution in [1.82, 2.24) is 9.47 Å². The van der Waals surface area contributed by atoms with Crippen molar-refractivity contribution in [2.24, 2.45) is 0 Å². The topological polar surface area (TPSA) is 25.2 Å². The van der Waals surface area contributed by atoms with Crippen molar-refractivity contribution in [3.8, 4) is 0 Å². The van der Waals surface area contributed by atoms with Crippen LogP contribution in [0.4, 0.5) is 0 Å². The predicted molar refractivity (Wildman–Crippen MR) is 99.2 cm³/mol. The fourth-order valence-electron chi connectivity index (χ4n) is 2.65. The van der Waals surface area contributed by atoms with E-state index in [0.29, 0.717) is 13.1 Å². The number of nitrogens with zero attached hydrogens (tertiary/aromatic N) is 2. The minimum Gasteiger partial charge on any atom is -0.345 e. The highest BCUT2D eigenvalue weighted by atomic mass is 32.1. The van der Waals surface area contributed by atoms with E-state index in [9.17, 15) is 4.79 Å². The van der Waals surface area contributed by atoms with E-state index in [1.165, 1.54) is 16.9 Å². The molecule has 4 heteroatoms. The zero-order valence-electron chi connectivity index (χ0n) is 13.5. The van der Waals surface area contributed by atoms with E-state index in [1.54, 1.807) is 6.08 Å². The first-order valence-corrected chi connectivity index (χ1v) is 8.77. The fraction of sp³-hybridized carbons (Fsp3) is 0.150. The minimum absolute atomic E-state index is 0.0531. The van der Waals surface area contributed by atoms with Crippen molar-refractivity contribution >= 4 is 17.2 Å². The summed E-state index contributed by atoms with van der Waals surface area (Å²) >= 11 is 1.47. The van der Waals surface area contributed by atoms with E-state index in [2.05, 4.69) is 35.5 Å². The molecule has 0 saturated carbocycles. The van der Waals surface area contributed by atoms with Gasteiger partial charge in [-0.1, -0.05) is 42.5 Å². The molecule has 0 unspecified atom stereocenters. The lowest BCUT2D eigenvalue weighted by atomic mass is 10.2. The smallest absolute Gasteiger partial charge is 0.264 e. The molecule has 1 amide bonds. The van der Waals surface area contributed by atoms with Crippen molar-refractivity contribution in [2.75, 3.05) is 6.54 Å². The van der Waals surface area contributed by atoms with Gasteiger partial charge in [0.05, 0.1) is 11.4 Å². The van der Waals surface area contributed by atoms with Gasteiger partial charge in [-0.2, -0.15) is 0 Å². The van der Waals surface area contributed by atoms with Gasteiger partial charge in [-0.3, -0.25) is 4.79 Å². The number of benzene rings is 1. The number of hydrogen-bond acceptors (Lipinski definition) is 2. The van der Waals surface area contributed by atoms with Gasteiger partial charge in [-0.25, -0.2) is 0 Å². The summed E-state index contributed by atoms with van der Waals surface area (Å²) in [5.74, 6) is 0.0531. The molecule has 0 saturated heterocycles. The van der Waals surface area contributed by atoms with Gasteiger partial charge in [0.2, 0.25) is 0 Å². The molecular formula is C20H20N2OS. The van der Waals surface area contributed by atoms with Crippen molar-refractivity contribution in [3.63, 3.8) is 0 Å². The molecule has 24 heavy (non-hydrogen) atoms. The number of carbonyl (C=O) groups excluding carboxylic acids is 1. The van der Waals surface area contributed by atoms with Crippen LogP contribution in [0.2, 0.25) is 0 Å². The van der Waals surface area contributed by atoms with Gasteiger partial charge in [0.15, 0.2) is 0 Å². The Hall–Kier alpha value is -2.59. The highest BCUT2D eigenvalue weighted by Crippen LogP contribution is 2.16. The van der Waals surface area contributed by atoms with Crippen LogP contribution < -0.4 is 0 Å². The average molecular weight is 336 g/mol. The molecule has 122 valence electrons. The van der Waals surface area contributed by atoms with Crippen LogP contribution in [0.5, 0.6) is 0 Å². The molecule has 3 rings (SSSR count). The number of thiophene rings is 1. The molecule has 0 aliphatic rings. The third-order valence-corrected chi connectivity index (χ3v) is 4.70. The van der Waals surface area contributed by atoms with Crippen LogP contribution in [0.3, 0.4) is 0 Å². The van der Waals surface area contributed by atoms with E-state index in [4.69, 9.17) is 0 Å². The highest BCUT2D eigenvalue weighted by molar-refractivity contribution is 7.12. The summed E-state index contributed by atoms with van der Waals surface area (Å²) in [5, 5.41) is 1.93. The second-order valence-corrected chi connectivity index (χ2v) is 6.51. The number of aromatic nitrogens is 1. The Kier molecular flexibility index (Phi) is 5.29. The Bertz CT molecular complexity index is 790. The van der Waals surface area contributed by atoms with E-state index < -0.39 is 0 Å². The highest BCUT2D eigenvalue weighted by Gasteiger charge is 2.17. The number of hydrogen-bond donors (Lipinski definition) is 0. The first-order valence-electron chi connectivity index (χ1n) is 7.89. The van der Waals surface area contributed by atoms with Crippen molar-refractivity contribution in [1.29, 1.82) is 0 Å². The minimum atomic E-state index is 0.0531. The summed E-state index contributed by atoms with van der Waals surface area (Å²) in [6.45, 7) is 5.70. The molecule has 3 aromatic rings. The molecule has 0 fully saturated rings. The molecule has 0 N–H and O–H groups in total. The molecule has 2 heterocycles. The van der Waals surface area contributed by atoms with E-state index in [-0.39, 0.29) is 5.91 Å². The van der Waals surface area contributed by atoms with Gasteiger partial charge >= 0.3 is 0 Å². The second kappa shape index (κ2) is 7.79. The van der Waals surface area contributed by atoms with Gasteiger partial charge in [0, 0.05) is 25.0 Å². The lowest BCUT2D eigenvalue weighted by molar-refractivity contribution is 0.0764. The van der Waals surface area contributed by atoms with Gasteiger partial charge < -0.3 is 9.47 Å². The summed E-state index contributed by atoms with van der Waals surface area (Å²) < 4.78 is 2.19. The van der Waals surface area contributed by atoms with Crippen LogP contribution in [-0.2, 0) is 13.1 Å². The summed E-state index contributed by atoms with van der Waals surface area (Å²) in [7, 11) is 0. The van der Waals surface area contributed by atoms with E-state index >= 15 is 0 Å². The van der Waals surface area contributed by atoms with Crippen LogP contribution in [0.15, 0.2) is 78.8 Å². The third kappa shape index (κ3) is 3.84. The first kappa shape index (κ1) is 16.3. The van der Waals surface area contributed by atoms with Crippen molar-refractivity contribution in [2.45, 2.75) is 13.1 Å². The van der Waals surface area contributed by atoms with Gasteiger partial charge in [-0.15, -0.1) is 17.9 Å². The number of amides is 1. The number of carbonyl (C=O) groups is 1. The maximum atomic E-state index is 12.7. The Morgan fingerprint density at radius 3 is 2.67 bits per heavy atom. The second-order valence-electron chi connectivity index (χ2n) is 5.56. The third-order valence-electron chi connectivity index (χ3n) is 3.84. The maximum absolute atomic E-state index is 12.7. The Morgan fingerprint density at radius 2 is 1.96 bits per heavy atom. The predicted octanol–water partition coefficient (Wildman–Crippen LogP) is 4.43. The molecule has 0 aliphatic heterocycles. The Labute approximate surface area is 146 Å².